The zero-order chi connectivity index (χ0) is 13.7. The molecule has 18 heavy (non-hydrogen) atoms. The van der Waals surface area contributed by atoms with Crippen molar-refractivity contribution in [2.24, 2.45) is 11.8 Å². The van der Waals surface area contributed by atoms with Gasteiger partial charge in [0.15, 0.2) is 0 Å². The molecular formula is C13H24N2O3. The number of likely N-dealkylation sites (N-methyl/N-ethyl adjacent to an activating group) is 1. The maximum Gasteiger partial charge on any atom is 0.307 e. The number of carboxylic acids is 1. The summed E-state index contributed by atoms with van der Waals surface area (Å²) < 4.78 is 0. The van der Waals surface area contributed by atoms with E-state index in [0.717, 1.165) is 13.0 Å². The van der Waals surface area contributed by atoms with E-state index in [9.17, 15) is 9.59 Å². The molecule has 1 aliphatic rings. The van der Waals surface area contributed by atoms with Gasteiger partial charge in [-0.05, 0) is 33.7 Å². The Morgan fingerprint density at radius 3 is 2.50 bits per heavy atom. The molecule has 1 aliphatic carbocycles. The number of rotatable bonds is 6. The first-order valence-electron chi connectivity index (χ1n) is 6.64. The molecule has 0 aromatic carbocycles. The average Bonchev–Trinajstić information content (AvgIpc) is 2.77. The number of carbonyl (C=O) groups excluding carboxylic acids is 1. The number of hydrogen-bond donors (Lipinski definition) is 2. The van der Waals surface area contributed by atoms with Gasteiger partial charge in [0, 0.05) is 19.1 Å². The van der Waals surface area contributed by atoms with Crippen LogP contribution < -0.4 is 5.32 Å². The van der Waals surface area contributed by atoms with E-state index in [0.29, 0.717) is 25.4 Å². The molecule has 1 amide bonds. The lowest BCUT2D eigenvalue weighted by Crippen LogP contribution is -2.40. The Labute approximate surface area is 109 Å². The normalized spacial score (nSPS) is 23.6. The molecule has 0 saturated heterocycles. The van der Waals surface area contributed by atoms with E-state index in [4.69, 9.17) is 5.11 Å². The van der Waals surface area contributed by atoms with Crippen LogP contribution in [0, 0.1) is 11.8 Å². The molecule has 0 unspecified atom stereocenters. The highest BCUT2D eigenvalue weighted by Crippen LogP contribution is 2.31. The molecular weight excluding hydrogens is 232 g/mol. The van der Waals surface area contributed by atoms with Crippen molar-refractivity contribution in [3.63, 3.8) is 0 Å². The molecule has 1 rings (SSSR count). The third-order valence-electron chi connectivity index (χ3n) is 3.82. The molecule has 0 heterocycles. The van der Waals surface area contributed by atoms with Crippen LogP contribution in [-0.2, 0) is 9.59 Å². The quantitative estimate of drug-likeness (QED) is 0.742. The first-order chi connectivity index (χ1) is 8.43. The lowest BCUT2D eigenvalue weighted by molar-refractivity contribution is -0.146. The SMILES string of the molecule is CC(C)N(C)CCNC(=O)[C@@H]1CCC[C@@H]1C(=O)O. The van der Waals surface area contributed by atoms with Crippen LogP contribution in [0.1, 0.15) is 33.1 Å². The van der Waals surface area contributed by atoms with Gasteiger partial charge in [-0.15, -0.1) is 0 Å². The van der Waals surface area contributed by atoms with Crippen molar-refractivity contribution in [2.45, 2.75) is 39.2 Å². The van der Waals surface area contributed by atoms with Crippen LogP contribution in [0.25, 0.3) is 0 Å². The smallest absolute Gasteiger partial charge is 0.307 e. The fourth-order valence-corrected chi connectivity index (χ4v) is 2.31. The van der Waals surface area contributed by atoms with Crippen molar-refractivity contribution in [1.82, 2.24) is 10.2 Å². The van der Waals surface area contributed by atoms with Gasteiger partial charge in [-0.2, -0.15) is 0 Å². The molecule has 104 valence electrons. The summed E-state index contributed by atoms with van der Waals surface area (Å²) in [4.78, 5) is 25.1. The second kappa shape index (κ2) is 6.73. The van der Waals surface area contributed by atoms with Gasteiger partial charge < -0.3 is 15.3 Å². The summed E-state index contributed by atoms with van der Waals surface area (Å²) in [6.07, 6.45) is 2.16. The summed E-state index contributed by atoms with van der Waals surface area (Å²) in [6, 6.07) is 0.445. The van der Waals surface area contributed by atoms with E-state index in [1.54, 1.807) is 0 Å². The second-order valence-electron chi connectivity index (χ2n) is 5.35. The van der Waals surface area contributed by atoms with E-state index >= 15 is 0 Å². The minimum atomic E-state index is -0.841. The summed E-state index contributed by atoms with van der Waals surface area (Å²) in [5.74, 6) is -1.77. The van der Waals surface area contributed by atoms with Crippen LogP contribution in [0.2, 0.25) is 0 Å². The minimum Gasteiger partial charge on any atom is -0.481 e. The van der Waals surface area contributed by atoms with Gasteiger partial charge in [0.05, 0.1) is 11.8 Å². The number of nitrogens with one attached hydrogen (secondary N) is 1. The molecule has 5 nitrogen and oxygen atoms in total. The zero-order valence-electron chi connectivity index (χ0n) is 11.5. The summed E-state index contributed by atoms with van der Waals surface area (Å²) >= 11 is 0. The van der Waals surface area contributed by atoms with Crippen molar-refractivity contribution < 1.29 is 14.7 Å². The molecule has 1 saturated carbocycles. The molecule has 0 spiro atoms. The fraction of sp³-hybridized carbons (Fsp3) is 0.846. The van der Waals surface area contributed by atoms with Crippen molar-refractivity contribution in [3.05, 3.63) is 0 Å². The Balaban J connectivity index is 2.34. The predicted octanol–water partition coefficient (Wildman–Crippen LogP) is 0.944. The molecule has 0 aromatic rings. The van der Waals surface area contributed by atoms with Crippen molar-refractivity contribution in [2.75, 3.05) is 20.1 Å². The van der Waals surface area contributed by atoms with Gasteiger partial charge in [0.1, 0.15) is 0 Å². The highest BCUT2D eigenvalue weighted by Gasteiger charge is 2.37. The first kappa shape index (κ1) is 15.0. The lowest BCUT2D eigenvalue weighted by atomic mass is 9.95. The van der Waals surface area contributed by atoms with Crippen LogP contribution >= 0.6 is 0 Å². The van der Waals surface area contributed by atoms with Crippen LogP contribution in [0.5, 0.6) is 0 Å². The van der Waals surface area contributed by atoms with Crippen LogP contribution in [0.15, 0.2) is 0 Å². The molecule has 1 fully saturated rings. The number of hydrogen-bond acceptors (Lipinski definition) is 3. The van der Waals surface area contributed by atoms with Crippen LogP contribution in [0.4, 0.5) is 0 Å². The number of carbonyl (C=O) groups is 2. The summed E-state index contributed by atoms with van der Waals surface area (Å²) in [5.41, 5.74) is 0. The Morgan fingerprint density at radius 2 is 1.94 bits per heavy atom. The summed E-state index contributed by atoms with van der Waals surface area (Å²) in [6.45, 7) is 5.56. The number of aliphatic carboxylic acids is 1. The molecule has 0 aromatic heterocycles. The number of amides is 1. The summed E-state index contributed by atoms with van der Waals surface area (Å²) in [7, 11) is 2.01. The molecule has 0 bridgehead atoms. The fourth-order valence-electron chi connectivity index (χ4n) is 2.31. The largest absolute Gasteiger partial charge is 0.481 e. The van der Waals surface area contributed by atoms with E-state index in [2.05, 4.69) is 24.1 Å². The molecule has 5 heteroatoms. The van der Waals surface area contributed by atoms with Gasteiger partial charge >= 0.3 is 5.97 Å². The van der Waals surface area contributed by atoms with Gasteiger partial charge in [0.2, 0.25) is 5.91 Å². The second-order valence-corrected chi connectivity index (χ2v) is 5.35. The van der Waals surface area contributed by atoms with Gasteiger partial charge in [-0.25, -0.2) is 0 Å². The number of carboxylic acid groups (broad SMARTS) is 1. The Bertz CT molecular complexity index is 305. The standard InChI is InChI=1S/C13H24N2O3/c1-9(2)15(3)8-7-14-12(16)10-5-4-6-11(10)13(17)18/h9-11H,4-8H2,1-3H3,(H,14,16)(H,17,18)/t10-,11+/m1/s1. The van der Waals surface area contributed by atoms with E-state index < -0.39 is 11.9 Å². The Hall–Kier alpha value is -1.10. The van der Waals surface area contributed by atoms with E-state index in [-0.39, 0.29) is 11.8 Å². The average molecular weight is 256 g/mol. The van der Waals surface area contributed by atoms with E-state index in [1.807, 2.05) is 7.05 Å². The highest BCUT2D eigenvalue weighted by atomic mass is 16.4. The van der Waals surface area contributed by atoms with Crippen molar-refractivity contribution >= 4 is 11.9 Å². The van der Waals surface area contributed by atoms with Crippen LogP contribution in [-0.4, -0.2) is 48.1 Å². The Kier molecular flexibility index (Phi) is 5.59. The maximum atomic E-state index is 11.9. The monoisotopic (exact) mass is 256 g/mol. The van der Waals surface area contributed by atoms with Crippen molar-refractivity contribution in [3.8, 4) is 0 Å². The first-order valence-corrected chi connectivity index (χ1v) is 6.64. The third kappa shape index (κ3) is 3.98. The minimum absolute atomic E-state index is 0.0999. The molecule has 0 aliphatic heterocycles. The third-order valence-corrected chi connectivity index (χ3v) is 3.82. The molecule has 0 radical (unpaired) electrons. The van der Waals surface area contributed by atoms with Crippen LogP contribution in [0.3, 0.4) is 0 Å². The van der Waals surface area contributed by atoms with Gasteiger partial charge in [-0.3, -0.25) is 9.59 Å². The van der Waals surface area contributed by atoms with Crippen molar-refractivity contribution in [1.29, 1.82) is 0 Å². The van der Waals surface area contributed by atoms with Gasteiger partial charge in [-0.1, -0.05) is 6.42 Å². The Morgan fingerprint density at radius 1 is 1.33 bits per heavy atom. The van der Waals surface area contributed by atoms with E-state index in [1.165, 1.54) is 0 Å². The maximum absolute atomic E-state index is 11.9. The number of nitrogens with zero attached hydrogens (tertiary/aromatic N) is 1. The predicted molar refractivity (Wildman–Crippen MR) is 69.2 cm³/mol. The summed E-state index contributed by atoms with van der Waals surface area (Å²) in [5, 5.41) is 11.9. The zero-order valence-corrected chi connectivity index (χ0v) is 11.5. The lowest BCUT2D eigenvalue weighted by Gasteiger charge is -2.22. The van der Waals surface area contributed by atoms with Gasteiger partial charge in [0.25, 0.3) is 0 Å². The highest BCUT2D eigenvalue weighted by molar-refractivity contribution is 5.85. The topological polar surface area (TPSA) is 69.6 Å². The molecule has 2 N–H and O–H groups in total. The molecule has 2 atom stereocenters.